The maximum absolute atomic E-state index is 12.3. The second-order valence-corrected chi connectivity index (χ2v) is 5.26. The molecule has 11 heteroatoms. The first kappa shape index (κ1) is 18.4. The molecule has 2 aromatic carbocycles. The highest BCUT2D eigenvalue weighted by Crippen LogP contribution is 2.28. The number of hydrogen-bond donors (Lipinski definition) is 1. The standard InChI is InChI=1S/C15H12N4O7/c1-9-13(6-12(18(23)24)7-14(9)19(25)26)15(20)16-8-10-2-4-11(5-3-10)17(21)22/h2-7H,8H2,1H3,(H,16,20). The van der Waals surface area contributed by atoms with E-state index in [1.54, 1.807) is 0 Å². The number of benzene rings is 2. The summed E-state index contributed by atoms with van der Waals surface area (Å²) in [5, 5.41) is 35.0. The van der Waals surface area contributed by atoms with Crippen molar-refractivity contribution in [2.45, 2.75) is 13.5 Å². The molecule has 2 rings (SSSR count). The number of hydrogen-bond acceptors (Lipinski definition) is 7. The molecule has 0 saturated heterocycles. The first-order chi connectivity index (χ1) is 12.2. The van der Waals surface area contributed by atoms with Crippen LogP contribution in [0.15, 0.2) is 36.4 Å². The van der Waals surface area contributed by atoms with Crippen molar-refractivity contribution in [1.29, 1.82) is 0 Å². The van der Waals surface area contributed by atoms with Gasteiger partial charge >= 0.3 is 0 Å². The van der Waals surface area contributed by atoms with Gasteiger partial charge in [0.05, 0.1) is 26.4 Å². The first-order valence-corrected chi connectivity index (χ1v) is 7.15. The fourth-order valence-electron chi connectivity index (χ4n) is 2.23. The van der Waals surface area contributed by atoms with Gasteiger partial charge in [0.15, 0.2) is 0 Å². The van der Waals surface area contributed by atoms with E-state index in [1.807, 2.05) is 0 Å². The quantitative estimate of drug-likeness (QED) is 0.612. The van der Waals surface area contributed by atoms with Gasteiger partial charge in [-0.15, -0.1) is 0 Å². The van der Waals surface area contributed by atoms with Crippen LogP contribution in [-0.4, -0.2) is 20.7 Å². The Bertz CT molecular complexity index is 909. The summed E-state index contributed by atoms with van der Waals surface area (Å²) < 4.78 is 0. The molecule has 1 N–H and O–H groups in total. The number of rotatable bonds is 6. The SMILES string of the molecule is Cc1c(C(=O)NCc2ccc([N+](=O)[O-])cc2)cc([N+](=O)[O-])cc1[N+](=O)[O-]. The first-order valence-electron chi connectivity index (χ1n) is 7.15. The third-order valence-electron chi connectivity index (χ3n) is 3.62. The van der Waals surface area contributed by atoms with E-state index in [-0.39, 0.29) is 23.4 Å². The van der Waals surface area contributed by atoms with Crippen LogP contribution in [0.4, 0.5) is 17.1 Å². The smallest absolute Gasteiger partial charge is 0.279 e. The number of amides is 1. The maximum Gasteiger partial charge on any atom is 0.279 e. The van der Waals surface area contributed by atoms with Crippen LogP contribution in [0, 0.1) is 37.3 Å². The summed E-state index contributed by atoms with van der Waals surface area (Å²) in [4.78, 5) is 42.7. The van der Waals surface area contributed by atoms with Crippen LogP contribution in [0.2, 0.25) is 0 Å². The molecule has 0 aromatic heterocycles. The van der Waals surface area contributed by atoms with E-state index in [9.17, 15) is 35.1 Å². The highest BCUT2D eigenvalue weighted by atomic mass is 16.6. The molecule has 0 fully saturated rings. The summed E-state index contributed by atoms with van der Waals surface area (Å²) in [6, 6.07) is 7.19. The van der Waals surface area contributed by atoms with E-state index in [4.69, 9.17) is 0 Å². The van der Waals surface area contributed by atoms with Gasteiger partial charge in [-0.3, -0.25) is 35.1 Å². The van der Waals surface area contributed by atoms with Crippen molar-refractivity contribution in [3.8, 4) is 0 Å². The summed E-state index contributed by atoms with van der Waals surface area (Å²) in [6.45, 7) is 1.31. The van der Waals surface area contributed by atoms with E-state index < -0.39 is 32.1 Å². The van der Waals surface area contributed by atoms with Crippen molar-refractivity contribution < 1.29 is 19.6 Å². The van der Waals surface area contributed by atoms with Gasteiger partial charge in [0.2, 0.25) is 0 Å². The van der Waals surface area contributed by atoms with Crippen molar-refractivity contribution in [2.24, 2.45) is 0 Å². The number of carbonyl (C=O) groups excluding carboxylic acids is 1. The zero-order valence-electron chi connectivity index (χ0n) is 13.4. The third kappa shape index (κ3) is 3.95. The predicted molar refractivity (Wildman–Crippen MR) is 88.8 cm³/mol. The van der Waals surface area contributed by atoms with Gasteiger partial charge in [-0.2, -0.15) is 0 Å². The summed E-state index contributed by atoms with van der Waals surface area (Å²) in [7, 11) is 0. The Balaban J connectivity index is 2.24. The minimum absolute atomic E-state index is 0.00167. The average molecular weight is 360 g/mol. The molecule has 0 saturated carbocycles. The summed E-state index contributed by atoms with van der Waals surface area (Å²) in [6.07, 6.45) is 0. The molecule has 26 heavy (non-hydrogen) atoms. The largest absolute Gasteiger partial charge is 0.348 e. The summed E-state index contributed by atoms with van der Waals surface area (Å²) in [5.74, 6) is -0.729. The Kier molecular flexibility index (Phi) is 5.21. The van der Waals surface area contributed by atoms with E-state index in [1.165, 1.54) is 31.2 Å². The Morgan fingerprint density at radius 3 is 2.00 bits per heavy atom. The molecule has 0 bridgehead atoms. The van der Waals surface area contributed by atoms with Crippen LogP contribution in [0.25, 0.3) is 0 Å². The van der Waals surface area contributed by atoms with Crippen LogP contribution >= 0.6 is 0 Å². The molecule has 0 heterocycles. The van der Waals surface area contributed by atoms with Crippen LogP contribution in [0.1, 0.15) is 21.5 Å². The molecule has 134 valence electrons. The van der Waals surface area contributed by atoms with Crippen molar-refractivity contribution in [1.82, 2.24) is 5.32 Å². The van der Waals surface area contributed by atoms with E-state index in [0.29, 0.717) is 5.56 Å². The van der Waals surface area contributed by atoms with Gasteiger partial charge in [-0.25, -0.2) is 0 Å². The highest BCUT2D eigenvalue weighted by molar-refractivity contribution is 5.97. The van der Waals surface area contributed by atoms with Gasteiger partial charge in [0.25, 0.3) is 23.0 Å². The molecule has 0 aliphatic carbocycles. The van der Waals surface area contributed by atoms with Crippen molar-refractivity contribution >= 4 is 23.0 Å². The zero-order chi connectivity index (χ0) is 19.4. The molecule has 1 amide bonds. The van der Waals surface area contributed by atoms with E-state index >= 15 is 0 Å². The minimum atomic E-state index is -0.820. The highest BCUT2D eigenvalue weighted by Gasteiger charge is 2.24. The fourth-order valence-corrected chi connectivity index (χ4v) is 2.23. The molecular formula is C15H12N4O7. The minimum Gasteiger partial charge on any atom is -0.348 e. The molecule has 0 radical (unpaired) electrons. The molecule has 0 aliphatic rings. The van der Waals surface area contributed by atoms with Gasteiger partial charge in [0, 0.05) is 30.3 Å². The Morgan fingerprint density at radius 2 is 1.50 bits per heavy atom. The zero-order valence-corrected chi connectivity index (χ0v) is 13.4. The molecule has 0 aliphatic heterocycles. The van der Waals surface area contributed by atoms with Crippen LogP contribution < -0.4 is 5.32 Å². The number of nitro benzene ring substituents is 3. The van der Waals surface area contributed by atoms with Crippen molar-refractivity contribution in [3.05, 3.63) is 83.4 Å². The molecule has 0 unspecified atom stereocenters. The fraction of sp³-hybridized carbons (Fsp3) is 0.133. The lowest BCUT2D eigenvalue weighted by molar-refractivity contribution is -0.394. The third-order valence-corrected chi connectivity index (χ3v) is 3.62. The lowest BCUT2D eigenvalue weighted by Crippen LogP contribution is -2.24. The number of nitrogens with one attached hydrogen (secondary N) is 1. The topological polar surface area (TPSA) is 159 Å². The summed E-state index contributed by atoms with van der Waals surface area (Å²) >= 11 is 0. The average Bonchev–Trinajstić information content (AvgIpc) is 2.59. The molecule has 11 nitrogen and oxygen atoms in total. The number of non-ortho nitro benzene ring substituents is 2. The molecular weight excluding hydrogens is 348 g/mol. The lowest BCUT2D eigenvalue weighted by Gasteiger charge is -2.08. The molecule has 2 aromatic rings. The monoisotopic (exact) mass is 360 g/mol. The molecule has 0 atom stereocenters. The number of nitro groups is 3. The second-order valence-electron chi connectivity index (χ2n) is 5.26. The molecule has 0 spiro atoms. The van der Waals surface area contributed by atoms with Gasteiger partial charge in [0.1, 0.15) is 0 Å². The number of nitrogens with zero attached hydrogens (tertiary/aromatic N) is 3. The summed E-state index contributed by atoms with van der Waals surface area (Å²) in [5.41, 5.74) is -0.830. The second kappa shape index (κ2) is 7.34. The van der Waals surface area contributed by atoms with E-state index in [0.717, 1.165) is 12.1 Å². The van der Waals surface area contributed by atoms with Gasteiger partial charge < -0.3 is 5.32 Å². The lowest BCUT2D eigenvalue weighted by atomic mass is 10.0. The Hall–Kier alpha value is -3.89. The van der Waals surface area contributed by atoms with Crippen LogP contribution in [0.3, 0.4) is 0 Å². The van der Waals surface area contributed by atoms with Gasteiger partial charge in [-0.05, 0) is 12.5 Å². The van der Waals surface area contributed by atoms with Crippen molar-refractivity contribution in [3.63, 3.8) is 0 Å². The Labute approximate surface area is 145 Å². The van der Waals surface area contributed by atoms with E-state index in [2.05, 4.69) is 5.32 Å². The van der Waals surface area contributed by atoms with Crippen LogP contribution in [0.5, 0.6) is 0 Å². The Morgan fingerprint density at radius 1 is 0.923 bits per heavy atom. The maximum atomic E-state index is 12.3. The van der Waals surface area contributed by atoms with Gasteiger partial charge in [-0.1, -0.05) is 12.1 Å². The normalized spacial score (nSPS) is 10.2. The van der Waals surface area contributed by atoms with Crippen molar-refractivity contribution in [2.75, 3.05) is 0 Å². The number of carbonyl (C=O) groups is 1. The van der Waals surface area contributed by atoms with Crippen LogP contribution in [-0.2, 0) is 6.54 Å². The predicted octanol–water partition coefficient (Wildman–Crippen LogP) is 2.65.